The number of allylic oxidation sites excluding steroid dienone is 1. The summed E-state index contributed by atoms with van der Waals surface area (Å²) in [4.78, 5) is 42.2. The van der Waals surface area contributed by atoms with E-state index in [1.165, 1.54) is 6.92 Å². The molecule has 1 aliphatic heterocycles. The third-order valence-corrected chi connectivity index (χ3v) is 6.11. The lowest BCUT2D eigenvalue weighted by atomic mass is 10.0. The summed E-state index contributed by atoms with van der Waals surface area (Å²) in [5.74, 6) is 0.0714. The number of benzene rings is 2. The van der Waals surface area contributed by atoms with Gasteiger partial charge in [-0.1, -0.05) is 24.3 Å². The van der Waals surface area contributed by atoms with Crippen LogP contribution in [-0.4, -0.2) is 42.3 Å². The summed E-state index contributed by atoms with van der Waals surface area (Å²) in [5.41, 5.74) is 4.49. The topological polar surface area (TPSA) is 116 Å². The van der Waals surface area contributed by atoms with Gasteiger partial charge < -0.3 is 19.5 Å². The van der Waals surface area contributed by atoms with Gasteiger partial charge in [0.2, 0.25) is 6.79 Å². The zero-order valence-corrected chi connectivity index (χ0v) is 19.9. The number of ether oxygens (including phenoxy) is 3. The smallest absolute Gasteiger partial charge is 0.339 e. The van der Waals surface area contributed by atoms with Crippen molar-refractivity contribution in [2.24, 2.45) is 0 Å². The minimum Gasteiger partial charge on any atom is -0.454 e. The van der Waals surface area contributed by atoms with Gasteiger partial charge in [-0.25, -0.2) is 14.6 Å². The summed E-state index contributed by atoms with van der Waals surface area (Å²) in [7, 11) is 0. The summed E-state index contributed by atoms with van der Waals surface area (Å²) in [5, 5.41) is 5.30. The van der Waals surface area contributed by atoms with Gasteiger partial charge >= 0.3 is 12.0 Å². The molecule has 1 atom stereocenters. The number of urea groups is 1. The lowest BCUT2D eigenvalue weighted by molar-refractivity contribution is -0.127. The van der Waals surface area contributed by atoms with Crippen LogP contribution in [0.25, 0.3) is 22.6 Å². The first-order valence-electron chi connectivity index (χ1n) is 11.8. The number of hydrogen-bond acceptors (Lipinski definition) is 7. The Morgan fingerprint density at radius 1 is 1.11 bits per heavy atom. The van der Waals surface area contributed by atoms with Crippen molar-refractivity contribution >= 4 is 40.5 Å². The molecule has 1 unspecified atom stereocenters. The molecule has 0 spiro atoms. The number of amides is 3. The van der Waals surface area contributed by atoms with Crippen LogP contribution in [0.5, 0.6) is 11.5 Å². The molecule has 3 amide bonds. The number of carbonyl (C=O) groups excluding carboxylic acids is 3. The highest BCUT2D eigenvalue weighted by molar-refractivity contribution is 6.08. The van der Waals surface area contributed by atoms with Crippen molar-refractivity contribution in [2.75, 3.05) is 13.3 Å². The lowest BCUT2D eigenvalue weighted by Gasteiger charge is -2.16. The van der Waals surface area contributed by atoms with Crippen LogP contribution in [0.2, 0.25) is 0 Å². The van der Waals surface area contributed by atoms with E-state index in [4.69, 9.17) is 19.2 Å². The third-order valence-electron chi connectivity index (χ3n) is 6.11. The lowest BCUT2D eigenvalue weighted by Crippen LogP contribution is -2.44. The molecule has 2 aliphatic rings. The fourth-order valence-electron chi connectivity index (χ4n) is 4.41. The van der Waals surface area contributed by atoms with Crippen molar-refractivity contribution in [2.45, 2.75) is 32.8 Å². The Morgan fingerprint density at radius 3 is 2.75 bits per heavy atom. The standard InChI is InChI=1S/C27H25N3O6/c1-3-28-27(33)30-25(31)15(2)36-26(32)23-18-6-4-5-7-20(18)29-24-17(9-10-19(23)24)12-16-8-11-21-22(13-16)35-14-34-21/h4-8,11-13,15H,3,9-10,14H2,1-2H3,(H2,28,30,31,33). The Balaban J connectivity index is 1.47. The van der Waals surface area contributed by atoms with Gasteiger partial charge in [-0.15, -0.1) is 0 Å². The van der Waals surface area contributed by atoms with Crippen LogP contribution in [0.1, 0.15) is 47.4 Å². The molecule has 2 N–H and O–H groups in total. The summed E-state index contributed by atoms with van der Waals surface area (Å²) < 4.78 is 16.4. The van der Waals surface area contributed by atoms with Crippen LogP contribution in [0.3, 0.4) is 0 Å². The molecule has 0 saturated heterocycles. The molecular weight excluding hydrogens is 462 g/mol. The molecule has 184 valence electrons. The van der Waals surface area contributed by atoms with E-state index in [1.807, 2.05) is 48.5 Å². The van der Waals surface area contributed by atoms with Gasteiger partial charge in [-0.3, -0.25) is 10.1 Å². The van der Waals surface area contributed by atoms with E-state index >= 15 is 0 Å². The molecule has 9 nitrogen and oxygen atoms in total. The second-order valence-electron chi connectivity index (χ2n) is 8.51. The van der Waals surface area contributed by atoms with E-state index in [2.05, 4.69) is 10.6 Å². The Morgan fingerprint density at radius 2 is 1.92 bits per heavy atom. The maximum Gasteiger partial charge on any atom is 0.339 e. The zero-order valence-electron chi connectivity index (χ0n) is 19.9. The minimum absolute atomic E-state index is 0.205. The number of pyridine rings is 1. The summed E-state index contributed by atoms with van der Waals surface area (Å²) in [6, 6.07) is 12.4. The Hall–Kier alpha value is -4.40. The predicted molar refractivity (Wildman–Crippen MR) is 133 cm³/mol. The normalized spacial score (nSPS) is 15.4. The number of para-hydroxylation sites is 1. The van der Waals surface area contributed by atoms with Crippen LogP contribution in [0, 0.1) is 0 Å². The fraction of sp³-hybridized carbons (Fsp3) is 0.259. The Kier molecular flexibility index (Phi) is 6.28. The van der Waals surface area contributed by atoms with E-state index in [-0.39, 0.29) is 6.79 Å². The van der Waals surface area contributed by atoms with Gasteiger partial charge in [0.25, 0.3) is 5.91 Å². The van der Waals surface area contributed by atoms with Crippen molar-refractivity contribution in [3.05, 3.63) is 64.8 Å². The highest BCUT2D eigenvalue weighted by Crippen LogP contribution is 2.39. The second-order valence-corrected chi connectivity index (χ2v) is 8.51. The van der Waals surface area contributed by atoms with Crippen LogP contribution in [-0.2, 0) is 16.0 Å². The molecular formula is C27H25N3O6. The van der Waals surface area contributed by atoms with Crippen molar-refractivity contribution in [1.82, 2.24) is 15.6 Å². The molecule has 5 rings (SSSR count). The number of imide groups is 1. The fourth-order valence-corrected chi connectivity index (χ4v) is 4.41. The molecule has 1 aromatic heterocycles. The van der Waals surface area contributed by atoms with E-state index in [0.29, 0.717) is 47.4 Å². The number of nitrogens with zero attached hydrogens (tertiary/aromatic N) is 1. The van der Waals surface area contributed by atoms with Gasteiger partial charge in [-0.2, -0.15) is 0 Å². The molecule has 2 heterocycles. The summed E-state index contributed by atoms with van der Waals surface area (Å²) in [6.07, 6.45) is 2.17. The molecule has 0 radical (unpaired) electrons. The summed E-state index contributed by atoms with van der Waals surface area (Å²) in [6.45, 7) is 3.74. The predicted octanol–water partition coefficient (Wildman–Crippen LogP) is 3.84. The number of carbonyl (C=O) groups is 3. The molecule has 9 heteroatoms. The number of rotatable bonds is 5. The van der Waals surface area contributed by atoms with Crippen LogP contribution in [0.4, 0.5) is 4.79 Å². The highest BCUT2D eigenvalue weighted by Gasteiger charge is 2.30. The van der Waals surface area contributed by atoms with Gasteiger partial charge in [-0.05, 0) is 67.7 Å². The average molecular weight is 488 g/mol. The highest BCUT2D eigenvalue weighted by atomic mass is 16.7. The van der Waals surface area contributed by atoms with E-state index in [9.17, 15) is 14.4 Å². The number of nitrogens with one attached hydrogen (secondary N) is 2. The molecule has 3 aromatic rings. The zero-order chi connectivity index (χ0) is 25.2. The van der Waals surface area contributed by atoms with Gasteiger partial charge in [0.05, 0.1) is 16.8 Å². The van der Waals surface area contributed by atoms with Gasteiger partial charge in [0.15, 0.2) is 17.6 Å². The number of aromatic nitrogens is 1. The quantitative estimate of drug-likeness (QED) is 0.525. The monoisotopic (exact) mass is 487 g/mol. The largest absolute Gasteiger partial charge is 0.454 e. The maximum atomic E-state index is 13.4. The third kappa shape index (κ3) is 4.47. The van der Waals surface area contributed by atoms with Crippen molar-refractivity contribution in [3.63, 3.8) is 0 Å². The van der Waals surface area contributed by atoms with Gasteiger partial charge in [0, 0.05) is 11.9 Å². The summed E-state index contributed by atoms with van der Waals surface area (Å²) >= 11 is 0. The van der Waals surface area contributed by atoms with Crippen molar-refractivity contribution in [1.29, 1.82) is 0 Å². The van der Waals surface area contributed by atoms with Crippen LogP contribution >= 0.6 is 0 Å². The molecule has 36 heavy (non-hydrogen) atoms. The molecule has 2 aromatic carbocycles. The SMILES string of the molecule is CCNC(=O)NC(=O)C(C)OC(=O)c1c2c(nc3ccccc13)C(=Cc1ccc3c(c1)OCO3)CC2. The molecule has 0 fully saturated rings. The maximum absolute atomic E-state index is 13.4. The first-order valence-corrected chi connectivity index (χ1v) is 11.8. The molecule has 0 bridgehead atoms. The van der Waals surface area contributed by atoms with E-state index < -0.39 is 24.0 Å². The van der Waals surface area contributed by atoms with E-state index in [1.54, 1.807) is 6.92 Å². The number of esters is 1. The number of hydrogen-bond donors (Lipinski definition) is 2. The minimum atomic E-state index is -1.16. The second kappa shape index (κ2) is 9.69. The van der Waals surface area contributed by atoms with Gasteiger partial charge in [0.1, 0.15) is 0 Å². The number of fused-ring (bicyclic) bond motifs is 3. The van der Waals surface area contributed by atoms with E-state index in [0.717, 1.165) is 22.4 Å². The first kappa shape index (κ1) is 23.3. The Bertz CT molecular complexity index is 1410. The first-order chi connectivity index (χ1) is 17.4. The van der Waals surface area contributed by atoms with Crippen molar-refractivity contribution < 1.29 is 28.6 Å². The average Bonchev–Trinajstić information content (AvgIpc) is 3.49. The van der Waals surface area contributed by atoms with Crippen molar-refractivity contribution in [3.8, 4) is 11.5 Å². The molecule has 1 aliphatic carbocycles. The van der Waals surface area contributed by atoms with Crippen LogP contribution < -0.4 is 20.1 Å². The molecule has 0 saturated carbocycles. The van der Waals surface area contributed by atoms with Crippen LogP contribution in [0.15, 0.2) is 42.5 Å². The Labute approximate surface area is 207 Å².